The van der Waals surface area contributed by atoms with Gasteiger partial charge >= 0.3 is 0 Å². The highest BCUT2D eigenvalue weighted by Gasteiger charge is 2.33. The number of fused-ring (bicyclic) bond motifs is 20. The number of hydrogen-bond acceptors (Lipinski definition) is 7. The Labute approximate surface area is 839 Å². The van der Waals surface area contributed by atoms with Crippen molar-refractivity contribution in [3.8, 4) is 85.1 Å². The highest BCUT2D eigenvalue weighted by Crippen LogP contribution is 2.53. The zero-order chi connectivity index (χ0) is 96.2. The van der Waals surface area contributed by atoms with Crippen molar-refractivity contribution in [3.63, 3.8) is 0 Å². The Balaban J connectivity index is 0.000000100. The van der Waals surface area contributed by atoms with Crippen molar-refractivity contribution in [1.82, 2.24) is 57.4 Å². The molecule has 10 heterocycles. The summed E-state index contributed by atoms with van der Waals surface area (Å²) >= 11 is 0. The maximum absolute atomic E-state index is 5.63. The van der Waals surface area contributed by atoms with Gasteiger partial charge in [0.05, 0.1) is 99.7 Å². The summed E-state index contributed by atoms with van der Waals surface area (Å²) in [5, 5.41) is 28.5. The van der Waals surface area contributed by atoms with Gasteiger partial charge in [0.15, 0.2) is 11.6 Å². The second-order valence-corrected chi connectivity index (χ2v) is 38.3. The molecule has 0 fully saturated rings. The van der Waals surface area contributed by atoms with Crippen LogP contribution in [0.3, 0.4) is 0 Å². The van der Waals surface area contributed by atoms with Crippen LogP contribution in [0.5, 0.6) is 0 Å². The minimum absolute atomic E-state index is 0.674. The summed E-state index contributed by atoms with van der Waals surface area (Å²) in [6.45, 7) is 0. The highest BCUT2D eigenvalue weighted by atomic mass is 15.2. The summed E-state index contributed by atoms with van der Waals surface area (Å²) in [5.41, 5.74) is 28.3. The van der Waals surface area contributed by atoms with Gasteiger partial charge in [0, 0.05) is 97.8 Å². The van der Waals surface area contributed by atoms with Crippen LogP contribution in [0, 0.1) is 0 Å². The van der Waals surface area contributed by atoms with E-state index in [1.54, 1.807) is 0 Å². The van der Waals surface area contributed by atoms with Crippen molar-refractivity contribution in [2.75, 3.05) is 0 Å². The second kappa shape index (κ2) is 32.3. The zero-order valence-corrected chi connectivity index (χ0v) is 79.1. The largest absolute Gasteiger partial charge is 0.307 e. The van der Waals surface area contributed by atoms with E-state index in [-0.39, 0.29) is 0 Å². The smallest absolute Gasteiger partial charge is 0.235 e. The van der Waals surface area contributed by atoms with Crippen LogP contribution in [-0.4, -0.2) is 57.4 Å². The monoisotopic (exact) mass is 1870 g/mol. The van der Waals surface area contributed by atoms with E-state index in [4.69, 9.17) is 34.9 Å². The van der Waals surface area contributed by atoms with Crippen molar-refractivity contribution >= 4 is 218 Å². The van der Waals surface area contributed by atoms with E-state index in [9.17, 15) is 0 Å². The van der Waals surface area contributed by atoms with Gasteiger partial charge < -0.3 is 4.40 Å². The lowest BCUT2D eigenvalue weighted by atomic mass is 9.95. The average Bonchev–Trinajstić information content (AvgIpc) is 1.52. The SMILES string of the molecule is c1ccc(-c2nc(-n3c4cccc5c6ccccc6c6ccccc6c6cccc3c6c54)nc3c2ccc2ccccc23)cc1.c1ccc(-c2nc3ccc4ccccc4c3nc2-n2c3cccc4c5ccccc5n5c(-c6ccccc6)c(-c6ccccc6)c6ccc2c(c43)c65)cc1.c1ccc(-c2nc3ccc4ccccc4c3nc2-n2c3cccc4c5ccccc5n5c(-c6ccccc6)nc6ccc2c(c43)c65)cc1. The van der Waals surface area contributed by atoms with Crippen LogP contribution in [0.2, 0.25) is 0 Å². The van der Waals surface area contributed by atoms with Gasteiger partial charge in [-0.15, -0.1) is 0 Å². The van der Waals surface area contributed by atoms with Crippen LogP contribution in [0.1, 0.15) is 0 Å². The first-order chi connectivity index (χ1) is 73.0. The quantitative estimate of drug-likeness (QED) is 0.132. The first-order valence-corrected chi connectivity index (χ1v) is 50.0. The highest BCUT2D eigenvalue weighted by molar-refractivity contribution is 6.36. The van der Waals surface area contributed by atoms with Crippen molar-refractivity contribution < 1.29 is 0 Å². The van der Waals surface area contributed by atoms with Crippen molar-refractivity contribution in [1.29, 1.82) is 0 Å². The van der Waals surface area contributed by atoms with Gasteiger partial charge in [-0.1, -0.05) is 413 Å². The topological polar surface area (TPSA) is 114 Å². The van der Waals surface area contributed by atoms with Gasteiger partial charge in [0.1, 0.15) is 17.2 Å². The second-order valence-electron chi connectivity index (χ2n) is 38.3. The fourth-order valence-corrected chi connectivity index (χ4v) is 24.2. The fraction of sp³-hybridized carbons (Fsp3) is 0. The first kappa shape index (κ1) is 81.8. The van der Waals surface area contributed by atoms with Gasteiger partial charge in [0.2, 0.25) is 5.95 Å². The third-order valence-corrected chi connectivity index (χ3v) is 30.4. The molecule has 33 aromatic rings. The normalized spacial score (nSPS) is 12.1. The lowest BCUT2D eigenvalue weighted by molar-refractivity contribution is 1.02. The van der Waals surface area contributed by atoms with Crippen LogP contribution < -0.4 is 0 Å². The molecule has 0 aliphatic rings. The lowest BCUT2D eigenvalue weighted by Crippen LogP contribution is -2.04. The van der Waals surface area contributed by atoms with Gasteiger partial charge in [-0.2, -0.15) is 0 Å². The molecule has 12 heteroatoms. The number of imidazole rings is 1. The van der Waals surface area contributed by atoms with Gasteiger partial charge in [-0.25, -0.2) is 34.9 Å². The summed E-state index contributed by atoms with van der Waals surface area (Å²) in [6.07, 6.45) is 0. The summed E-state index contributed by atoms with van der Waals surface area (Å²) in [7, 11) is 0. The Morgan fingerprint density at radius 2 is 0.483 bits per heavy atom. The third kappa shape index (κ3) is 12.2. The Kier molecular flexibility index (Phi) is 18.0. The number of aromatic nitrogens is 12. The van der Waals surface area contributed by atoms with Gasteiger partial charge in [-0.05, 0) is 143 Å². The molecular formula is C135H80N12. The van der Waals surface area contributed by atoms with Crippen molar-refractivity contribution in [2.45, 2.75) is 0 Å². The molecule has 0 radical (unpaired) electrons. The van der Waals surface area contributed by atoms with E-state index in [0.717, 1.165) is 166 Å². The number of benzene rings is 22. The molecule has 0 aliphatic heterocycles. The molecule has 0 bridgehead atoms. The summed E-state index contributed by atoms with van der Waals surface area (Å²) in [6, 6.07) is 173. The van der Waals surface area contributed by atoms with E-state index in [1.165, 1.54) is 130 Å². The molecule has 0 spiro atoms. The molecule has 0 atom stereocenters. The third-order valence-electron chi connectivity index (χ3n) is 30.4. The molecule has 33 rings (SSSR count). The molecule has 0 aliphatic carbocycles. The van der Waals surface area contributed by atoms with Crippen LogP contribution in [0.4, 0.5) is 0 Å². The Morgan fingerprint density at radius 3 is 0.966 bits per heavy atom. The summed E-state index contributed by atoms with van der Waals surface area (Å²) in [5.74, 6) is 3.24. The molecule has 680 valence electrons. The molecule has 10 aromatic heterocycles. The molecule has 0 N–H and O–H groups in total. The minimum Gasteiger partial charge on any atom is -0.307 e. The van der Waals surface area contributed by atoms with Crippen LogP contribution >= 0.6 is 0 Å². The van der Waals surface area contributed by atoms with Gasteiger partial charge in [-0.3, -0.25) is 18.1 Å². The molecule has 0 saturated carbocycles. The number of nitrogens with zero attached hydrogens (tertiary/aromatic N) is 12. The molecule has 12 nitrogen and oxygen atoms in total. The Bertz CT molecular complexity index is 11200. The van der Waals surface area contributed by atoms with E-state index < -0.39 is 0 Å². The molecule has 0 unspecified atom stereocenters. The van der Waals surface area contributed by atoms with Crippen LogP contribution in [0.15, 0.2) is 485 Å². The molecule has 23 aromatic carbocycles. The molecule has 147 heavy (non-hydrogen) atoms. The Morgan fingerprint density at radius 1 is 0.156 bits per heavy atom. The number of para-hydroxylation sites is 2. The van der Waals surface area contributed by atoms with Crippen LogP contribution in [-0.2, 0) is 0 Å². The van der Waals surface area contributed by atoms with Crippen molar-refractivity contribution in [2.24, 2.45) is 0 Å². The van der Waals surface area contributed by atoms with E-state index in [2.05, 4.69) is 502 Å². The van der Waals surface area contributed by atoms with Gasteiger partial charge in [0.25, 0.3) is 0 Å². The molecule has 0 amide bonds. The average molecular weight is 1870 g/mol. The molecule has 0 saturated heterocycles. The fourth-order valence-electron chi connectivity index (χ4n) is 24.2. The van der Waals surface area contributed by atoms with E-state index in [0.29, 0.717) is 5.95 Å². The number of hydrogen-bond donors (Lipinski definition) is 0. The van der Waals surface area contributed by atoms with Crippen molar-refractivity contribution in [3.05, 3.63) is 485 Å². The van der Waals surface area contributed by atoms with Crippen LogP contribution in [0.25, 0.3) is 303 Å². The van der Waals surface area contributed by atoms with E-state index >= 15 is 0 Å². The first-order valence-electron chi connectivity index (χ1n) is 50.0. The predicted molar refractivity (Wildman–Crippen MR) is 611 cm³/mol. The predicted octanol–water partition coefficient (Wildman–Crippen LogP) is 34.5. The standard InChI is InChI=1S/C50H30N4.C43H25N5.C42H25N3/c1-4-16-32(17-5-1)43-38-28-30-42-45-44-37(36-23-12-13-25-40(36)54(49(38)45)48(43)34-20-8-3-9-21-34)24-14-26-41(44)53(42)50-46(33-18-6-2-7-19-33)51-39-29-27-31-15-10-11-22-35(31)47(39)52-50;1-3-13-27(14-4-1)39-43(46-40-29-17-8-7-12-26(29)22-23-32(40)44-39)47-35-21-11-19-31-30-18-9-10-20-34(30)48-41-33(24-25-36(47)38(41)37(31)35)45-42(48)28-15-5-2-6-16-28;1-2-13-27(14-3-1)40-35-25-24-26-12-4-5-15-28(26)41(35)44-42(43-40)45-36-22-10-20-33-31-18-8-6-16-29(31)30-17-7-9-19-32(30)34-21-11-23-37(45)39(34)38(33)36/h1-30H;1-25H;1-25H. The van der Waals surface area contributed by atoms with E-state index in [1.807, 2.05) is 6.07 Å². The lowest BCUT2D eigenvalue weighted by Gasteiger charge is -2.15. The Hall–Kier alpha value is -20.0. The molecular weight excluding hydrogens is 1790 g/mol. The summed E-state index contributed by atoms with van der Waals surface area (Å²) in [4.78, 5) is 38.0. The number of rotatable bonds is 9. The maximum Gasteiger partial charge on any atom is 0.235 e. The minimum atomic E-state index is 0.674. The zero-order valence-electron chi connectivity index (χ0n) is 79.1. The maximum atomic E-state index is 5.63. The summed E-state index contributed by atoms with van der Waals surface area (Å²) < 4.78 is 11.9.